The van der Waals surface area contributed by atoms with Crippen LogP contribution in [0.15, 0.2) is 0 Å². The second-order valence-corrected chi connectivity index (χ2v) is 2.61. The second kappa shape index (κ2) is 2.49. The van der Waals surface area contributed by atoms with E-state index in [1.54, 1.807) is 0 Å². The lowest BCUT2D eigenvalue weighted by molar-refractivity contribution is -0.142. The number of esters is 1. The summed E-state index contributed by atoms with van der Waals surface area (Å²) in [6.07, 6.45) is 1.04. The van der Waals surface area contributed by atoms with Crippen molar-refractivity contribution in [3.05, 3.63) is 0 Å². The van der Waals surface area contributed by atoms with Crippen LogP contribution in [-0.2, 0) is 14.0 Å². The van der Waals surface area contributed by atoms with E-state index in [1.165, 1.54) is 7.11 Å². The molecule has 4 heteroatoms. The lowest BCUT2D eigenvalue weighted by atomic mass is 10.4. The Labute approximate surface area is 56.9 Å². The Bertz CT molecular complexity index is 125. The summed E-state index contributed by atoms with van der Waals surface area (Å²) in [5.41, 5.74) is 0. The number of hydrogen-bond donors (Lipinski definition) is 0. The summed E-state index contributed by atoms with van der Waals surface area (Å²) in [5.74, 6) is -0.0802. The van der Waals surface area contributed by atoms with Gasteiger partial charge in [-0.25, -0.2) is 0 Å². The third-order valence-electron chi connectivity index (χ3n) is 1.54. The first kappa shape index (κ1) is 6.76. The van der Waals surface area contributed by atoms with Crippen LogP contribution in [0.3, 0.4) is 0 Å². The van der Waals surface area contributed by atoms with Crippen LogP contribution in [0.4, 0.5) is 0 Å². The van der Waals surface area contributed by atoms with Crippen LogP contribution in [0.5, 0.6) is 0 Å². The van der Waals surface area contributed by atoms with Gasteiger partial charge in [0.1, 0.15) is 10.5 Å². The summed E-state index contributed by atoms with van der Waals surface area (Å²) in [7, 11) is 2.12. The SMILES string of the molecule is COC(=O)C1CC1O[SiH3]. The number of rotatable bonds is 2. The van der Waals surface area contributed by atoms with Gasteiger partial charge in [0.05, 0.1) is 19.1 Å². The average molecular weight is 146 g/mol. The lowest BCUT2D eigenvalue weighted by Crippen LogP contribution is -2.07. The molecule has 2 atom stereocenters. The fourth-order valence-electron chi connectivity index (χ4n) is 0.832. The summed E-state index contributed by atoms with van der Waals surface area (Å²) in [4.78, 5) is 10.7. The van der Waals surface area contributed by atoms with Gasteiger partial charge < -0.3 is 9.16 Å². The highest BCUT2D eigenvalue weighted by molar-refractivity contribution is 5.98. The molecular formula is C5H10O3Si. The summed E-state index contributed by atoms with van der Waals surface area (Å²) < 4.78 is 9.54. The maximum absolute atomic E-state index is 10.7. The summed E-state index contributed by atoms with van der Waals surface area (Å²) in [5, 5.41) is 0. The molecule has 0 amide bonds. The molecule has 0 N–H and O–H groups in total. The fraction of sp³-hybridized carbons (Fsp3) is 0.800. The molecule has 1 aliphatic rings. The number of methoxy groups -OCH3 is 1. The molecule has 0 aromatic heterocycles. The van der Waals surface area contributed by atoms with E-state index < -0.39 is 0 Å². The van der Waals surface area contributed by atoms with Crippen molar-refractivity contribution in [3.63, 3.8) is 0 Å². The minimum Gasteiger partial charge on any atom is -0.469 e. The third kappa shape index (κ3) is 1.31. The highest BCUT2D eigenvalue weighted by Crippen LogP contribution is 2.33. The molecule has 1 aliphatic carbocycles. The highest BCUT2D eigenvalue weighted by Gasteiger charge is 2.43. The van der Waals surface area contributed by atoms with Crippen LogP contribution in [0.1, 0.15) is 6.42 Å². The van der Waals surface area contributed by atoms with Gasteiger partial charge in [0.25, 0.3) is 0 Å². The number of hydrogen-bond acceptors (Lipinski definition) is 3. The Kier molecular flexibility index (Phi) is 1.87. The molecule has 0 saturated heterocycles. The Balaban J connectivity index is 2.25. The number of carbonyl (C=O) groups is 1. The normalized spacial score (nSPS) is 32.1. The van der Waals surface area contributed by atoms with Crippen molar-refractivity contribution < 1.29 is 14.0 Å². The zero-order chi connectivity index (χ0) is 6.85. The second-order valence-electron chi connectivity index (χ2n) is 2.14. The quantitative estimate of drug-likeness (QED) is 0.364. The van der Waals surface area contributed by atoms with E-state index in [9.17, 15) is 4.79 Å². The topological polar surface area (TPSA) is 35.5 Å². The van der Waals surface area contributed by atoms with Crippen molar-refractivity contribution in [2.24, 2.45) is 5.92 Å². The van der Waals surface area contributed by atoms with Crippen molar-refractivity contribution in [2.75, 3.05) is 7.11 Å². The third-order valence-corrected chi connectivity index (χ3v) is 2.14. The molecule has 0 spiro atoms. The van der Waals surface area contributed by atoms with E-state index in [2.05, 4.69) is 4.74 Å². The van der Waals surface area contributed by atoms with Crippen LogP contribution in [0, 0.1) is 5.92 Å². The molecule has 0 heterocycles. The Hall–Kier alpha value is -0.353. The Morgan fingerprint density at radius 1 is 1.78 bits per heavy atom. The van der Waals surface area contributed by atoms with Gasteiger partial charge in [-0.3, -0.25) is 4.79 Å². The molecule has 2 unspecified atom stereocenters. The van der Waals surface area contributed by atoms with Gasteiger partial charge >= 0.3 is 5.97 Å². The zero-order valence-electron chi connectivity index (χ0n) is 5.59. The summed E-state index contributed by atoms with van der Waals surface area (Å²) in [6, 6.07) is 0. The van der Waals surface area contributed by atoms with Gasteiger partial charge in [-0.15, -0.1) is 0 Å². The van der Waals surface area contributed by atoms with E-state index in [0.29, 0.717) is 10.5 Å². The summed E-state index contributed by atoms with van der Waals surface area (Å²) in [6.45, 7) is 0. The minimum absolute atomic E-state index is 0.0486. The molecule has 0 aliphatic heterocycles. The first-order valence-corrected chi connectivity index (χ1v) is 3.72. The summed E-state index contributed by atoms with van der Waals surface area (Å²) >= 11 is 0. The van der Waals surface area contributed by atoms with E-state index in [4.69, 9.17) is 4.43 Å². The molecule has 0 aromatic rings. The van der Waals surface area contributed by atoms with E-state index in [-0.39, 0.29) is 18.0 Å². The maximum Gasteiger partial charge on any atom is 0.311 e. The molecular weight excluding hydrogens is 136 g/mol. The molecule has 0 aromatic carbocycles. The Morgan fingerprint density at radius 2 is 2.44 bits per heavy atom. The van der Waals surface area contributed by atoms with Crippen molar-refractivity contribution in [1.29, 1.82) is 0 Å². The van der Waals surface area contributed by atoms with Crippen molar-refractivity contribution >= 4 is 16.5 Å². The van der Waals surface area contributed by atoms with Crippen LogP contribution in [0.2, 0.25) is 0 Å². The molecule has 3 nitrogen and oxygen atoms in total. The number of ether oxygens (including phenoxy) is 1. The predicted molar refractivity (Wildman–Crippen MR) is 34.9 cm³/mol. The molecule has 0 radical (unpaired) electrons. The molecule has 1 fully saturated rings. The van der Waals surface area contributed by atoms with Gasteiger partial charge in [-0.1, -0.05) is 0 Å². The van der Waals surface area contributed by atoms with Gasteiger partial charge in [-0.05, 0) is 6.42 Å². The standard InChI is InChI=1S/C5H10O3Si/c1-7-5(6)3-2-4(3)8-9/h3-4H,2H2,1,9H3. The van der Waals surface area contributed by atoms with Gasteiger partial charge in [0.2, 0.25) is 0 Å². The maximum atomic E-state index is 10.7. The largest absolute Gasteiger partial charge is 0.469 e. The average Bonchev–Trinajstić information content (AvgIpc) is 2.64. The first-order chi connectivity index (χ1) is 4.29. The van der Waals surface area contributed by atoms with Crippen LogP contribution in [-0.4, -0.2) is 29.7 Å². The Morgan fingerprint density at radius 3 is 2.78 bits per heavy atom. The monoisotopic (exact) mass is 146 g/mol. The van der Waals surface area contributed by atoms with Crippen molar-refractivity contribution in [2.45, 2.75) is 12.5 Å². The van der Waals surface area contributed by atoms with Crippen molar-refractivity contribution in [1.82, 2.24) is 0 Å². The lowest BCUT2D eigenvalue weighted by Gasteiger charge is -1.94. The van der Waals surface area contributed by atoms with Crippen molar-refractivity contribution in [3.8, 4) is 0 Å². The van der Waals surface area contributed by atoms with Crippen LogP contribution < -0.4 is 0 Å². The molecule has 9 heavy (non-hydrogen) atoms. The van der Waals surface area contributed by atoms with Gasteiger partial charge in [0, 0.05) is 0 Å². The smallest absolute Gasteiger partial charge is 0.311 e. The molecule has 1 rings (SSSR count). The van der Waals surface area contributed by atoms with Crippen LogP contribution >= 0.6 is 0 Å². The molecule has 0 bridgehead atoms. The fourth-order valence-corrected chi connectivity index (χ4v) is 1.35. The number of carbonyl (C=O) groups excluding carboxylic acids is 1. The molecule has 52 valence electrons. The minimum atomic E-state index is -0.129. The van der Waals surface area contributed by atoms with E-state index in [1.807, 2.05) is 0 Å². The van der Waals surface area contributed by atoms with Crippen LogP contribution in [0.25, 0.3) is 0 Å². The van der Waals surface area contributed by atoms with E-state index >= 15 is 0 Å². The molecule has 1 saturated carbocycles. The first-order valence-electron chi connectivity index (χ1n) is 2.90. The van der Waals surface area contributed by atoms with Gasteiger partial charge in [0.15, 0.2) is 0 Å². The zero-order valence-corrected chi connectivity index (χ0v) is 7.59. The van der Waals surface area contributed by atoms with Gasteiger partial charge in [-0.2, -0.15) is 0 Å². The predicted octanol–water partition coefficient (Wildman–Crippen LogP) is -1.16. The van der Waals surface area contributed by atoms with E-state index in [0.717, 1.165) is 6.42 Å². The highest BCUT2D eigenvalue weighted by atomic mass is 28.2.